The Labute approximate surface area is 156 Å². The van der Waals surface area contributed by atoms with Crippen molar-refractivity contribution in [3.63, 3.8) is 0 Å². The minimum atomic E-state index is -0.767. The molecule has 3 amide bonds. The molecule has 1 aromatic rings. The number of halogens is 1. The fourth-order valence-electron chi connectivity index (χ4n) is 2.22. The number of hydrogen-bond acceptors (Lipinski definition) is 4. The Morgan fingerprint density at radius 2 is 1.72 bits per heavy atom. The third-order valence-corrected chi connectivity index (χ3v) is 4.11. The first-order valence-corrected chi connectivity index (χ1v) is 9.00. The van der Waals surface area contributed by atoms with Crippen LogP contribution in [0.5, 0.6) is 0 Å². The summed E-state index contributed by atoms with van der Waals surface area (Å²) in [5.41, 5.74) is 0.995. The van der Waals surface area contributed by atoms with Crippen LogP contribution in [0.4, 0.5) is 4.79 Å². The highest BCUT2D eigenvalue weighted by Gasteiger charge is 2.19. The second kappa shape index (κ2) is 10.8. The van der Waals surface area contributed by atoms with Crippen LogP contribution in [0.15, 0.2) is 28.7 Å². The van der Waals surface area contributed by atoms with Crippen LogP contribution in [-0.2, 0) is 14.3 Å². The summed E-state index contributed by atoms with van der Waals surface area (Å²) < 4.78 is 5.63. The van der Waals surface area contributed by atoms with E-state index < -0.39 is 12.0 Å². The van der Waals surface area contributed by atoms with Gasteiger partial charge in [0.1, 0.15) is 0 Å². The van der Waals surface area contributed by atoms with Crippen LogP contribution >= 0.6 is 15.9 Å². The quantitative estimate of drug-likeness (QED) is 0.586. The van der Waals surface area contributed by atoms with Gasteiger partial charge in [0.05, 0.1) is 19.2 Å². The first-order valence-electron chi connectivity index (χ1n) is 8.20. The summed E-state index contributed by atoms with van der Waals surface area (Å²) in [5.74, 6) is -0.625. The molecule has 0 saturated heterocycles. The first kappa shape index (κ1) is 21.1. The zero-order chi connectivity index (χ0) is 18.8. The number of nitrogens with one attached hydrogen (secondary N) is 3. The van der Waals surface area contributed by atoms with Crippen LogP contribution in [0.2, 0.25) is 0 Å². The fourth-order valence-corrected chi connectivity index (χ4v) is 2.48. The van der Waals surface area contributed by atoms with Crippen molar-refractivity contribution in [1.82, 2.24) is 10.6 Å². The molecule has 0 aliphatic heterocycles. The van der Waals surface area contributed by atoms with E-state index in [1.165, 1.54) is 0 Å². The lowest BCUT2D eigenvalue weighted by atomic mass is 10.1. The van der Waals surface area contributed by atoms with Gasteiger partial charge in [-0.15, -0.1) is 0 Å². The summed E-state index contributed by atoms with van der Waals surface area (Å²) in [5, 5.41) is 5.05. The Balaban J connectivity index is 2.48. The van der Waals surface area contributed by atoms with E-state index in [9.17, 15) is 14.4 Å². The molecule has 25 heavy (non-hydrogen) atoms. The van der Waals surface area contributed by atoms with Gasteiger partial charge in [0.2, 0.25) is 0 Å². The predicted octanol–water partition coefficient (Wildman–Crippen LogP) is 0.804. The lowest BCUT2D eigenvalue weighted by molar-refractivity contribution is -0.881. The number of likely N-dealkylation sites (N-methyl/N-ethyl adjacent to an activating group) is 1. The van der Waals surface area contributed by atoms with Crippen molar-refractivity contribution in [2.75, 3.05) is 26.2 Å². The van der Waals surface area contributed by atoms with Crippen LogP contribution in [0.25, 0.3) is 0 Å². The van der Waals surface area contributed by atoms with Gasteiger partial charge in [0.15, 0.2) is 13.1 Å². The van der Waals surface area contributed by atoms with E-state index in [1.54, 1.807) is 6.92 Å². The van der Waals surface area contributed by atoms with E-state index in [2.05, 4.69) is 31.3 Å². The first-order chi connectivity index (χ1) is 11.8. The molecule has 2 atom stereocenters. The van der Waals surface area contributed by atoms with Gasteiger partial charge in [-0.1, -0.05) is 28.1 Å². The van der Waals surface area contributed by atoms with E-state index in [1.807, 2.05) is 38.1 Å². The second-order valence-corrected chi connectivity index (χ2v) is 6.48. The molecule has 3 N–H and O–H groups in total. The number of benzene rings is 1. The topological polar surface area (TPSA) is 88.9 Å². The zero-order valence-corrected chi connectivity index (χ0v) is 16.3. The number of ether oxygens (including phenoxy) is 1. The average Bonchev–Trinajstić information content (AvgIpc) is 2.54. The second-order valence-electron chi connectivity index (χ2n) is 5.57. The van der Waals surface area contributed by atoms with Gasteiger partial charge in [-0.25, -0.2) is 4.79 Å². The zero-order valence-electron chi connectivity index (χ0n) is 14.7. The molecule has 138 valence electrons. The van der Waals surface area contributed by atoms with Crippen LogP contribution in [0, 0.1) is 0 Å². The standard InChI is InChI=1S/C17H24BrN3O4/c1-4-21(11-16(23)20-17(24)25-5-2)10-15(22)19-12(3)13-6-8-14(18)9-7-13/h6-9,12H,4-5,10-11H2,1-3H3,(H,19,22)(H,20,23,24)/p+1/t12-/m1/s1. The van der Waals surface area contributed by atoms with Gasteiger partial charge in [0, 0.05) is 4.47 Å². The van der Waals surface area contributed by atoms with Gasteiger partial charge in [-0.05, 0) is 38.5 Å². The number of imide groups is 1. The highest BCUT2D eigenvalue weighted by atomic mass is 79.9. The fraction of sp³-hybridized carbons (Fsp3) is 0.471. The summed E-state index contributed by atoms with van der Waals surface area (Å²) in [6.07, 6.45) is -0.767. The van der Waals surface area contributed by atoms with Gasteiger partial charge >= 0.3 is 6.09 Å². The Morgan fingerprint density at radius 1 is 1.12 bits per heavy atom. The molecule has 0 bridgehead atoms. The molecule has 0 fully saturated rings. The maximum Gasteiger partial charge on any atom is 0.414 e. The third kappa shape index (κ3) is 8.13. The minimum absolute atomic E-state index is 0.0232. The molecular weight excluding hydrogens is 390 g/mol. The lowest BCUT2D eigenvalue weighted by Gasteiger charge is -2.19. The van der Waals surface area contributed by atoms with Crippen LogP contribution in [0.1, 0.15) is 32.4 Å². The summed E-state index contributed by atoms with van der Waals surface area (Å²) in [6, 6.07) is 7.58. The van der Waals surface area contributed by atoms with Crippen LogP contribution < -0.4 is 15.5 Å². The van der Waals surface area contributed by atoms with Gasteiger partial charge in [0.25, 0.3) is 11.8 Å². The SMILES string of the molecule is CCOC(=O)NC(=O)C[NH+](CC)CC(=O)N[C@H](C)c1ccc(Br)cc1. The number of rotatable bonds is 8. The lowest BCUT2D eigenvalue weighted by Crippen LogP contribution is -3.14. The molecule has 0 spiro atoms. The van der Waals surface area contributed by atoms with Gasteiger partial charge in [-0.3, -0.25) is 14.9 Å². The summed E-state index contributed by atoms with van der Waals surface area (Å²) in [7, 11) is 0. The van der Waals surface area contributed by atoms with E-state index in [0.717, 1.165) is 14.9 Å². The van der Waals surface area contributed by atoms with E-state index in [-0.39, 0.29) is 31.6 Å². The Bertz CT molecular complexity index is 592. The Kier molecular flexibility index (Phi) is 9.15. The molecule has 0 aliphatic rings. The highest BCUT2D eigenvalue weighted by Crippen LogP contribution is 2.16. The normalized spacial score (nSPS) is 12.8. The number of quaternary nitrogens is 1. The van der Waals surface area contributed by atoms with Crippen molar-refractivity contribution in [2.24, 2.45) is 0 Å². The van der Waals surface area contributed by atoms with Crippen LogP contribution in [-0.4, -0.2) is 44.1 Å². The molecule has 0 saturated carbocycles. The highest BCUT2D eigenvalue weighted by molar-refractivity contribution is 9.10. The molecule has 0 aliphatic carbocycles. The van der Waals surface area contributed by atoms with Gasteiger partial charge in [-0.2, -0.15) is 0 Å². The van der Waals surface area contributed by atoms with E-state index >= 15 is 0 Å². The molecule has 8 heteroatoms. The van der Waals surface area contributed by atoms with Crippen molar-refractivity contribution < 1.29 is 24.0 Å². The summed E-state index contributed by atoms with van der Waals surface area (Å²) >= 11 is 3.38. The minimum Gasteiger partial charge on any atom is -0.450 e. The maximum atomic E-state index is 12.2. The predicted molar refractivity (Wildman–Crippen MR) is 97.1 cm³/mol. The molecule has 7 nitrogen and oxygen atoms in total. The van der Waals surface area contributed by atoms with E-state index in [4.69, 9.17) is 0 Å². The van der Waals surface area contributed by atoms with Crippen molar-refractivity contribution in [3.8, 4) is 0 Å². The monoisotopic (exact) mass is 414 g/mol. The molecule has 0 heterocycles. The van der Waals surface area contributed by atoms with E-state index in [0.29, 0.717) is 6.54 Å². The smallest absolute Gasteiger partial charge is 0.414 e. The molecule has 0 aromatic heterocycles. The molecule has 1 rings (SSSR count). The van der Waals surface area contributed by atoms with Gasteiger partial charge < -0.3 is 15.0 Å². The number of carbonyl (C=O) groups is 3. The van der Waals surface area contributed by atoms with Crippen LogP contribution in [0.3, 0.4) is 0 Å². The van der Waals surface area contributed by atoms with Crippen molar-refractivity contribution in [3.05, 3.63) is 34.3 Å². The molecule has 0 radical (unpaired) electrons. The maximum absolute atomic E-state index is 12.2. The summed E-state index contributed by atoms with van der Waals surface area (Å²) in [6.45, 7) is 6.38. The Hall–Kier alpha value is -1.93. The summed E-state index contributed by atoms with van der Waals surface area (Å²) in [4.78, 5) is 36.0. The molecule has 1 unspecified atom stereocenters. The van der Waals surface area contributed by atoms with Crippen molar-refractivity contribution in [2.45, 2.75) is 26.8 Å². The largest absolute Gasteiger partial charge is 0.450 e. The number of carbonyl (C=O) groups excluding carboxylic acids is 3. The number of amides is 3. The molecular formula is C17H25BrN3O4+. The van der Waals surface area contributed by atoms with Crippen molar-refractivity contribution >= 4 is 33.8 Å². The third-order valence-electron chi connectivity index (χ3n) is 3.59. The average molecular weight is 415 g/mol. The Morgan fingerprint density at radius 3 is 2.28 bits per heavy atom. The number of hydrogen-bond donors (Lipinski definition) is 3. The number of alkyl carbamates (subject to hydrolysis) is 1. The molecule has 1 aromatic carbocycles. The van der Waals surface area contributed by atoms with Crippen molar-refractivity contribution in [1.29, 1.82) is 0 Å².